The quantitative estimate of drug-likeness (QED) is 0.711. The Labute approximate surface area is 92.7 Å². The third kappa shape index (κ3) is 1.82. The molecule has 2 N–H and O–H groups in total. The molecule has 0 aromatic carbocycles. The minimum Gasteiger partial charge on any atom is -0.395 e. The Balaban J connectivity index is 2.33. The van der Waals surface area contributed by atoms with Crippen LogP contribution in [0.2, 0.25) is 0 Å². The molecule has 1 aliphatic heterocycles. The van der Waals surface area contributed by atoms with Crippen molar-refractivity contribution in [3.8, 4) is 0 Å². The van der Waals surface area contributed by atoms with Gasteiger partial charge in [-0.1, -0.05) is 0 Å². The Hall–Kier alpha value is -1.73. The number of hydrogen-bond donors (Lipinski definition) is 2. The Morgan fingerprint density at radius 2 is 2.50 bits per heavy atom. The molecule has 1 aromatic rings. The van der Waals surface area contributed by atoms with Gasteiger partial charge in [-0.25, -0.2) is 24.8 Å². The van der Waals surface area contributed by atoms with Crippen LogP contribution in [0.1, 0.15) is 5.56 Å². The largest absolute Gasteiger partial charge is 0.395 e. The third-order valence-electron chi connectivity index (χ3n) is 2.35. The van der Waals surface area contributed by atoms with Gasteiger partial charge in [0.1, 0.15) is 6.33 Å². The highest BCUT2D eigenvalue weighted by Crippen LogP contribution is 2.21. The standard InChI is InChI=1S/C9H13N5O2/c1-13(2-3-15)14-8-7(4-10-6-12-8)5-11-9(14)16/h4,6,15H,2-3,5H2,1H3,(H,11,16). The lowest BCUT2D eigenvalue weighted by Crippen LogP contribution is -2.53. The van der Waals surface area contributed by atoms with Crippen LogP contribution in [0.25, 0.3) is 0 Å². The van der Waals surface area contributed by atoms with E-state index in [0.29, 0.717) is 18.9 Å². The number of urea groups is 1. The molecule has 0 saturated carbocycles. The molecule has 7 nitrogen and oxygen atoms in total. The van der Waals surface area contributed by atoms with Crippen LogP contribution >= 0.6 is 0 Å². The number of nitrogens with one attached hydrogen (secondary N) is 1. The average Bonchev–Trinajstić information content (AvgIpc) is 2.29. The van der Waals surface area contributed by atoms with Gasteiger partial charge in [0.2, 0.25) is 0 Å². The number of rotatable bonds is 3. The molecule has 86 valence electrons. The highest BCUT2D eigenvalue weighted by Gasteiger charge is 2.28. The van der Waals surface area contributed by atoms with Crippen LogP contribution in [0.4, 0.5) is 10.6 Å². The molecule has 0 bridgehead atoms. The highest BCUT2D eigenvalue weighted by molar-refractivity contribution is 5.92. The van der Waals surface area contributed by atoms with Crippen LogP contribution in [0, 0.1) is 0 Å². The maximum Gasteiger partial charge on any atom is 0.338 e. The summed E-state index contributed by atoms with van der Waals surface area (Å²) in [6, 6.07) is -0.248. The normalized spacial score (nSPS) is 14.9. The monoisotopic (exact) mass is 223 g/mol. The number of nitrogens with zero attached hydrogens (tertiary/aromatic N) is 4. The van der Waals surface area contributed by atoms with E-state index in [0.717, 1.165) is 5.56 Å². The predicted octanol–water partition coefficient (Wildman–Crippen LogP) is -0.655. The molecule has 2 amide bonds. The van der Waals surface area contributed by atoms with Crippen LogP contribution in [0.5, 0.6) is 0 Å². The molecular formula is C9H13N5O2. The zero-order chi connectivity index (χ0) is 11.5. The SMILES string of the molecule is CN(CCO)N1C(=O)NCc2cncnc21. The lowest BCUT2D eigenvalue weighted by atomic mass is 10.2. The van der Waals surface area contributed by atoms with Gasteiger partial charge in [0.15, 0.2) is 5.82 Å². The molecule has 1 aromatic heterocycles. The van der Waals surface area contributed by atoms with E-state index in [1.807, 2.05) is 0 Å². The molecule has 1 aliphatic rings. The summed E-state index contributed by atoms with van der Waals surface area (Å²) >= 11 is 0. The fraction of sp³-hybridized carbons (Fsp3) is 0.444. The van der Waals surface area contributed by atoms with Gasteiger partial charge in [-0.2, -0.15) is 0 Å². The second kappa shape index (κ2) is 4.42. The Bertz CT molecular complexity index is 397. The minimum atomic E-state index is -0.248. The van der Waals surface area contributed by atoms with Gasteiger partial charge in [-0.15, -0.1) is 0 Å². The van der Waals surface area contributed by atoms with Crippen molar-refractivity contribution in [1.29, 1.82) is 0 Å². The van der Waals surface area contributed by atoms with Crippen LogP contribution in [-0.4, -0.2) is 46.3 Å². The van der Waals surface area contributed by atoms with Crippen molar-refractivity contribution >= 4 is 11.8 Å². The summed E-state index contributed by atoms with van der Waals surface area (Å²) in [5.41, 5.74) is 0.854. The summed E-state index contributed by atoms with van der Waals surface area (Å²) in [4.78, 5) is 19.7. The first-order valence-electron chi connectivity index (χ1n) is 4.92. The van der Waals surface area contributed by atoms with Gasteiger partial charge < -0.3 is 10.4 Å². The van der Waals surface area contributed by atoms with Gasteiger partial charge in [0.25, 0.3) is 0 Å². The average molecular weight is 223 g/mol. The number of amides is 2. The molecule has 0 atom stereocenters. The topological polar surface area (TPSA) is 81.6 Å². The Morgan fingerprint density at radius 1 is 1.69 bits per heavy atom. The summed E-state index contributed by atoms with van der Waals surface area (Å²) in [5.74, 6) is 0.565. The molecule has 0 saturated heterocycles. The maximum atomic E-state index is 11.7. The smallest absolute Gasteiger partial charge is 0.338 e. The van der Waals surface area contributed by atoms with E-state index in [2.05, 4.69) is 15.3 Å². The number of carbonyl (C=O) groups is 1. The summed E-state index contributed by atoms with van der Waals surface area (Å²) in [6.45, 7) is 0.760. The minimum absolute atomic E-state index is 0.0271. The van der Waals surface area contributed by atoms with Crippen LogP contribution in [0.15, 0.2) is 12.5 Å². The zero-order valence-electron chi connectivity index (χ0n) is 8.92. The first-order chi connectivity index (χ1) is 7.74. The van der Waals surface area contributed by atoms with Crippen molar-refractivity contribution in [3.05, 3.63) is 18.1 Å². The van der Waals surface area contributed by atoms with Crippen molar-refractivity contribution in [2.24, 2.45) is 0 Å². The summed E-state index contributed by atoms with van der Waals surface area (Å²) in [5, 5.41) is 14.6. The van der Waals surface area contributed by atoms with Gasteiger partial charge >= 0.3 is 6.03 Å². The number of carbonyl (C=O) groups excluding carboxylic acids is 1. The van der Waals surface area contributed by atoms with E-state index in [1.165, 1.54) is 11.3 Å². The molecule has 0 fully saturated rings. The molecule has 0 aliphatic carbocycles. The van der Waals surface area contributed by atoms with Crippen molar-refractivity contribution in [2.45, 2.75) is 6.54 Å². The molecule has 2 heterocycles. The van der Waals surface area contributed by atoms with Crippen LogP contribution < -0.4 is 10.3 Å². The van der Waals surface area contributed by atoms with Crippen molar-refractivity contribution in [2.75, 3.05) is 25.2 Å². The van der Waals surface area contributed by atoms with E-state index in [4.69, 9.17) is 5.11 Å². The number of aromatic nitrogens is 2. The fourth-order valence-electron chi connectivity index (χ4n) is 1.57. The fourth-order valence-corrected chi connectivity index (χ4v) is 1.57. The molecule has 2 rings (SSSR count). The first kappa shape index (κ1) is 10.8. The molecule has 0 spiro atoms. The maximum absolute atomic E-state index is 11.7. The summed E-state index contributed by atoms with van der Waals surface area (Å²) in [7, 11) is 1.72. The third-order valence-corrected chi connectivity index (χ3v) is 2.35. The van der Waals surface area contributed by atoms with E-state index in [9.17, 15) is 4.79 Å². The van der Waals surface area contributed by atoms with E-state index < -0.39 is 0 Å². The van der Waals surface area contributed by atoms with Crippen molar-refractivity contribution in [3.63, 3.8) is 0 Å². The number of hydrogen-bond acceptors (Lipinski definition) is 5. The lowest BCUT2D eigenvalue weighted by Gasteiger charge is -2.34. The number of likely N-dealkylation sites (N-methyl/N-ethyl adjacent to an activating group) is 1. The van der Waals surface area contributed by atoms with Crippen molar-refractivity contribution in [1.82, 2.24) is 20.3 Å². The molecule has 0 radical (unpaired) electrons. The molecule has 7 heteroatoms. The van der Waals surface area contributed by atoms with E-state index >= 15 is 0 Å². The second-order valence-electron chi connectivity index (χ2n) is 3.45. The summed E-state index contributed by atoms with van der Waals surface area (Å²) < 4.78 is 0. The van der Waals surface area contributed by atoms with Crippen LogP contribution in [-0.2, 0) is 6.54 Å². The van der Waals surface area contributed by atoms with Gasteiger partial charge in [0.05, 0.1) is 6.61 Å². The Morgan fingerprint density at radius 3 is 3.25 bits per heavy atom. The zero-order valence-corrected chi connectivity index (χ0v) is 8.92. The highest BCUT2D eigenvalue weighted by atomic mass is 16.3. The van der Waals surface area contributed by atoms with Gasteiger partial charge in [-0.05, 0) is 0 Å². The number of hydrazine groups is 1. The van der Waals surface area contributed by atoms with Crippen molar-refractivity contribution < 1.29 is 9.90 Å². The molecule has 0 unspecified atom stereocenters. The first-order valence-corrected chi connectivity index (χ1v) is 4.92. The van der Waals surface area contributed by atoms with E-state index in [-0.39, 0.29) is 12.6 Å². The summed E-state index contributed by atoms with van der Waals surface area (Å²) in [6.07, 6.45) is 3.07. The Kier molecular flexibility index (Phi) is 2.97. The molecule has 16 heavy (non-hydrogen) atoms. The second-order valence-corrected chi connectivity index (χ2v) is 3.45. The van der Waals surface area contributed by atoms with Gasteiger partial charge in [-0.3, -0.25) is 0 Å². The van der Waals surface area contributed by atoms with E-state index in [1.54, 1.807) is 18.3 Å². The molecular weight excluding hydrogens is 210 g/mol. The number of anilines is 1. The number of aliphatic hydroxyl groups is 1. The number of aliphatic hydroxyl groups excluding tert-OH is 1. The lowest BCUT2D eigenvalue weighted by molar-refractivity contribution is 0.193. The van der Waals surface area contributed by atoms with Crippen LogP contribution in [0.3, 0.4) is 0 Å². The predicted molar refractivity (Wildman–Crippen MR) is 56.5 cm³/mol. The van der Waals surface area contributed by atoms with Gasteiger partial charge in [0, 0.05) is 31.9 Å². The number of fused-ring (bicyclic) bond motifs is 1.